The first-order chi connectivity index (χ1) is 9.94. The average molecular weight is 289 g/mol. The third-order valence-electron chi connectivity index (χ3n) is 2.49. The molecule has 0 saturated heterocycles. The summed E-state index contributed by atoms with van der Waals surface area (Å²) in [6.07, 6.45) is -3.40. The molecule has 0 aliphatic carbocycles. The Kier molecular flexibility index (Phi) is 3.77. The molecule has 0 saturated carbocycles. The highest BCUT2D eigenvalue weighted by Gasteiger charge is 2.35. The Morgan fingerprint density at radius 3 is 2.43 bits per heavy atom. The number of nitriles is 2. The van der Waals surface area contributed by atoms with Crippen LogP contribution in [0.4, 0.5) is 13.2 Å². The molecule has 1 aromatic heterocycles. The highest BCUT2D eigenvalue weighted by Crippen LogP contribution is 2.38. The van der Waals surface area contributed by atoms with Crippen molar-refractivity contribution >= 4 is 0 Å². The van der Waals surface area contributed by atoms with Crippen LogP contribution >= 0.6 is 0 Å². The number of nitrogens with zero attached hydrogens (tertiary/aromatic N) is 3. The quantitative estimate of drug-likeness (QED) is 0.846. The molecule has 0 radical (unpaired) electrons. The van der Waals surface area contributed by atoms with Crippen LogP contribution in [0.25, 0.3) is 0 Å². The van der Waals surface area contributed by atoms with Crippen molar-refractivity contribution < 1.29 is 17.9 Å². The second-order valence-corrected chi connectivity index (χ2v) is 3.91. The smallest absolute Gasteiger partial charge is 0.420 e. The lowest BCUT2D eigenvalue weighted by Gasteiger charge is -2.13. The zero-order chi connectivity index (χ0) is 15.5. The summed E-state index contributed by atoms with van der Waals surface area (Å²) in [5, 5.41) is 17.4. The molecule has 0 atom stereocenters. The summed E-state index contributed by atoms with van der Waals surface area (Å²) in [4.78, 5) is 3.69. The molecule has 1 aromatic carbocycles. The number of rotatable bonds is 2. The van der Waals surface area contributed by atoms with E-state index < -0.39 is 17.5 Å². The van der Waals surface area contributed by atoms with Crippen molar-refractivity contribution in [3.05, 3.63) is 53.3 Å². The lowest BCUT2D eigenvalue weighted by Crippen LogP contribution is -2.07. The molecule has 1 heterocycles. The minimum Gasteiger partial charge on any atom is -0.457 e. The van der Waals surface area contributed by atoms with Crippen LogP contribution in [-0.2, 0) is 6.18 Å². The molecule has 0 aliphatic rings. The Hall–Kier alpha value is -3.06. The zero-order valence-electron chi connectivity index (χ0n) is 10.3. The summed E-state index contributed by atoms with van der Waals surface area (Å²) < 4.78 is 44.0. The van der Waals surface area contributed by atoms with Crippen molar-refractivity contribution in [2.45, 2.75) is 6.18 Å². The molecule has 4 nitrogen and oxygen atoms in total. The SMILES string of the molecule is N#Cc1ccc(Oc2ccnc(C#N)c2)c(C(F)(F)F)c1. The van der Waals surface area contributed by atoms with Crippen molar-refractivity contribution in [2.75, 3.05) is 0 Å². The maximum absolute atomic E-state index is 13.0. The molecule has 0 N–H and O–H groups in total. The summed E-state index contributed by atoms with van der Waals surface area (Å²) in [5.74, 6) is -0.395. The number of pyridine rings is 1. The van der Waals surface area contributed by atoms with Crippen LogP contribution in [0.15, 0.2) is 36.5 Å². The molecule has 0 fully saturated rings. The number of alkyl halides is 3. The highest BCUT2D eigenvalue weighted by molar-refractivity contribution is 5.46. The number of ether oxygens (including phenoxy) is 1. The van der Waals surface area contributed by atoms with Crippen LogP contribution < -0.4 is 4.74 Å². The van der Waals surface area contributed by atoms with Crippen LogP contribution in [0.1, 0.15) is 16.8 Å². The molecule has 2 aromatic rings. The number of halogens is 3. The second kappa shape index (κ2) is 5.51. The van der Waals surface area contributed by atoms with Gasteiger partial charge in [-0.15, -0.1) is 0 Å². The lowest BCUT2D eigenvalue weighted by molar-refractivity contribution is -0.138. The van der Waals surface area contributed by atoms with Crippen molar-refractivity contribution in [3.8, 4) is 23.6 Å². The van der Waals surface area contributed by atoms with E-state index in [9.17, 15) is 13.2 Å². The van der Waals surface area contributed by atoms with Crippen molar-refractivity contribution in [1.29, 1.82) is 10.5 Å². The summed E-state index contributed by atoms with van der Waals surface area (Å²) in [6, 6.07) is 8.95. The molecule has 104 valence electrons. The summed E-state index contributed by atoms with van der Waals surface area (Å²) >= 11 is 0. The highest BCUT2D eigenvalue weighted by atomic mass is 19.4. The summed E-state index contributed by atoms with van der Waals surface area (Å²) in [6.45, 7) is 0. The van der Waals surface area contributed by atoms with Crippen molar-refractivity contribution in [2.24, 2.45) is 0 Å². The Morgan fingerprint density at radius 1 is 1.05 bits per heavy atom. The van der Waals surface area contributed by atoms with E-state index in [1.54, 1.807) is 12.1 Å². The molecule has 0 bridgehead atoms. The van der Waals surface area contributed by atoms with Crippen LogP contribution in [0.3, 0.4) is 0 Å². The minimum atomic E-state index is -4.66. The molecule has 0 spiro atoms. The van der Waals surface area contributed by atoms with Gasteiger partial charge in [-0.05, 0) is 24.3 Å². The normalized spacial score (nSPS) is 10.5. The van der Waals surface area contributed by atoms with Crippen LogP contribution in [0, 0.1) is 22.7 Å². The largest absolute Gasteiger partial charge is 0.457 e. The molecular formula is C14H6F3N3O. The van der Waals surface area contributed by atoms with Crippen molar-refractivity contribution in [1.82, 2.24) is 4.98 Å². The first-order valence-electron chi connectivity index (χ1n) is 5.59. The first-order valence-corrected chi connectivity index (χ1v) is 5.59. The van der Waals surface area contributed by atoms with Gasteiger partial charge >= 0.3 is 6.18 Å². The summed E-state index contributed by atoms with van der Waals surface area (Å²) in [5.41, 5.74) is -1.16. The van der Waals surface area contributed by atoms with Crippen LogP contribution in [0.5, 0.6) is 11.5 Å². The maximum Gasteiger partial charge on any atom is 0.420 e. The van der Waals surface area contributed by atoms with E-state index in [1.165, 1.54) is 24.4 Å². The fourth-order valence-corrected chi connectivity index (χ4v) is 1.57. The van der Waals surface area contributed by atoms with E-state index in [2.05, 4.69) is 4.98 Å². The van der Waals surface area contributed by atoms with Gasteiger partial charge in [-0.25, -0.2) is 4.98 Å². The number of aromatic nitrogens is 1. The minimum absolute atomic E-state index is 0.0229. The lowest BCUT2D eigenvalue weighted by atomic mass is 10.1. The molecular weight excluding hydrogens is 283 g/mol. The standard InChI is InChI=1S/C14H6F3N3O/c15-14(16,17)12-5-9(7-18)1-2-13(12)21-11-3-4-20-10(6-11)8-19/h1-6H. The van der Waals surface area contributed by atoms with Gasteiger partial charge in [-0.2, -0.15) is 23.7 Å². The molecule has 2 rings (SSSR count). The van der Waals surface area contributed by atoms with Crippen LogP contribution in [0.2, 0.25) is 0 Å². The van der Waals surface area contributed by atoms with E-state index in [1.807, 2.05) is 0 Å². The third kappa shape index (κ3) is 3.28. The molecule has 21 heavy (non-hydrogen) atoms. The van der Waals surface area contributed by atoms with Gasteiger partial charge in [-0.3, -0.25) is 0 Å². The number of benzene rings is 1. The fraction of sp³-hybridized carbons (Fsp3) is 0.0714. The second-order valence-electron chi connectivity index (χ2n) is 3.91. The van der Waals surface area contributed by atoms with Gasteiger partial charge in [0.2, 0.25) is 0 Å². The summed E-state index contributed by atoms with van der Waals surface area (Å²) in [7, 11) is 0. The predicted octanol–water partition coefficient (Wildman–Crippen LogP) is 3.64. The molecule has 0 unspecified atom stereocenters. The molecule has 7 heteroatoms. The van der Waals surface area contributed by atoms with Gasteiger partial charge in [0.1, 0.15) is 23.3 Å². The topological polar surface area (TPSA) is 69.7 Å². The monoisotopic (exact) mass is 289 g/mol. The Labute approximate surface area is 117 Å². The predicted molar refractivity (Wildman–Crippen MR) is 65.2 cm³/mol. The van der Waals surface area contributed by atoms with E-state index in [0.29, 0.717) is 6.07 Å². The van der Waals surface area contributed by atoms with E-state index in [0.717, 1.165) is 6.07 Å². The van der Waals surface area contributed by atoms with Gasteiger partial charge in [0.25, 0.3) is 0 Å². The zero-order valence-corrected chi connectivity index (χ0v) is 10.3. The number of hydrogen-bond donors (Lipinski definition) is 0. The van der Waals surface area contributed by atoms with Gasteiger partial charge in [0, 0.05) is 12.3 Å². The Balaban J connectivity index is 2.45. The van der Waals surface area contributed by atoms with Crippen molar-refractivity contribution in [3.63, 3.8) is 0 Å². The average Bonchev–Trinajstić information content (AvgIpc) is 2.46. The number of hydrogen-bond acceptors (Lipinski definition) is 4. The van der Waals surface area contributed by atoms with Gasteiger partial charge in [0.05, 0.1) is 17.2 Å². The fourth-order valence-electron chi connectivity index (χ4n) is 1.57. The van der Waals surface area contributed by atoms with E-state index in [4.69, 9.17) is 15.3 Å². The maximum atomic E-state index is 13.0. The van der Waals surface area contributed by atoms with Crippen LogP contribution in [-0.4, -0.2) is 4.98 Å². The Bertz CT molecular complexity index is 757. The molecule has 0 amide bonds. The van der Waals surface area contributed by atoms with Gasteiger partial charge in [-0.1, -0.05) is 0 Å². The van der Waals surface area contributed by atoms with E-state index >= 15 is 0 Å². The van der Waals surface area contributed by atoms with Gasteiger partial charge < -0.3 is 4.74 Å². The molecule has 0 aliphatic heterocycles. The Morgan fingerprint density at radius 2 is 1.81 bits per heavy atom. The third-order valence-corrected chi connectivity index (χ3v) is 2.49. The van der Waals surface area contributed by atoms with Gasteiger partial charge in [0.15, 0.2) is 0 Å². The first kappa shape index (κ1) is 14.4. The van der Waals surface area contributed by atoms with E-state index in [-0.39, 0.29) is 17.0 Å².